The van der Waals surface area contributed by atoms with Gasteiger partial charge in [0, 0.05) is 64.3 Å². The zero-order valence-corrected chi connectivity index (χ0v) is 30.2. The molecule has 0 atom stereocenters. The minimum absolute atomic E-state index is 0. The summed E-state index contributed by atoms with van der Waals surface area (Å²) in [5.74, 6) is 1.39. The summed E-state index contributed by atoms with van der Waals surface area (Å²) in [6.07, 6.45) is -2.97. The van der Waals surface area contributed by atoms with Gasteiger partial charge in [-0.05, 0) is 66.2 Å². The van der Waals surface area contributed by atoms with Gasteiger partial charge in [0.25, 0.3) is 15.9 Å². The third kappa shape index (κ3) is 8.72. The normalized spacial score (nSPS) is 13.8. The zero-order valence-electron chi connectivity index (χ0n) is 28.5. The van der Waals surface area contributed by atoms with Crippen LogP contribution in [0, 0.1) is 0 Å². The Morgan fingerprint density at radius 1 is 0.885 bits per heavy atom. The number of hydrogen-bond acceptors (Lipinski definition) is 8. The van der Waals surface area contributed by atoms with Crippen molar-refractivity contribution in [2.75, 3.05) is 51.2 Å². The number of aromatic nitrogens is 2. The van der Waals surface area contributed by atoms with E-state index in [1.807, 2.05) is 34.7 Å². The zero-order chi connectivity index (χ0) is 36.3. The van der Waals surface area contributed by atoms with Crippen molar-refractivity contribution in [1.82, 2.24) is 19.4 Å². The molecule has 1 aliphatic heterocycles. The number of rotatable bonds is 11. The third-order valence-electron chi connectivity index (χ3n) is 8.65. The second kappa shape index (κ2) is 15.7. The summed E-state index contributed by atoms with van der Waals surface area (Å²) in [5, 5.41) is 0.864. The smallest absolute Gasteiger partial charge is 0.422 e. The van der Waals surface area contributed by atoms with Gasteiger partial charge in [-0.25, -0.2) is 13.4 Å². The lowest BCUT2D eigenvalue weighted by Gasteiger charge is -2.34. The molecule has 16 heteroatoms. The molecule has 276 valence electrons. The Hall–Kier alpha value is -4.99. The predicted octanol–water partition coefficient (Wildman–Crippen LogP) is 6.52. The number of carbonyl (C=O) groups is 1. The first-order chi connectivity index (χ1) is 24.3. The first-order valence-electron chi connectivity index (χ1n) is 16.0. The molecule has 3 heterocycles. The Morgan fingerprint density at radius 3 is 2.15 bits per heavy atom. The average molecular weight is 760 g/mol. The van der Waals surface area contributed by atoms with E-state index >= 15 is 0 Å². The molecule has 0 radical (unpaired) electrons. The summed E-state index contributed by atoms with van der Waals surface area (Å²) >= 11 is 0. The number of aryl methyl sites for hydroxylation is 1. The summed E-state index contributed by atoms with van der Waals surface area (Å²) in [5.41, 5.74) is 2.62. The minimum atomic E-state index is -4.39. The van der Waals surface area contributed by atoms with E-state index in [4.69, 9.17) is 14.2 Å². The van der Waals surface area contributed by atoms with E-state index in [2.05, 4.69) is 9.88 Å². The molecule has 1 saturated heterocycles. The van der Waals surface area contributed by atoms with Gasteiger partial charge < -0.3 is 23.7 Å². The minimum Gasteiger partial charge on any atom is -0.497 e. The van der Waals surface area contributed by atoms with E-state index in [1.165, 1.54) is 44.6 Å². The quantitative estimate of drug-likeness (QED) is 0.150. The lowest BCUT2D eigenvalue weighted by atomic mass is 10.2. The Kier molecular flexibility index (Phi) is 11.6. The van der Waals surface area contributed by atoms with Crippen molar-refractivity contribution in [1.29, 1.82) is 0 Å². The van der Waals surface area contributed by atoms with Crippen LogP contribution in [0.4, 0.5) is 18.9 Å². The summed E-state index contributed by atoms with van der Waals surface area (Å²) < 4.78 is 82.3. The molecule has 0 aliphatic carbocycles. The molecule has 6 rings (SSSR count). The van der Waals surface area contributed by atoms with Crippen LogP contribution in [0.5, 0.6) is 23.1 Å². The predicted molar refractivity (Wildman–Crippen MR) is 192 cm³/mol. The number of anilines is 1. The molecule has 0 spiro atoms. The molecule has 0 saturated carbocycles. The van der Waals surface area contributed by atoms with Crippen LogP contribution in [0.3, 0.4) is 0 Å². The molecular formula is C36H37ClF3N5O6S. The lowest BCUT2D eigenvalue weighted by Crippen LogP contribution is -2.48. The Balaban J connectivity index is 0.00000523. The number of sulfonamides is 1. The molecule has 1 amide bonds. The second-order valence-electron chi connectivity index (χ2n) is 12.0. The van der Waals surface area contributed by atoms with Crippen LogP contribution >= 0.6 is 12.4 Å². The van der Waals surface area contributed by atoms with Crippen LogP contribution in [0.25, 0.3) is 10.9 Å². The van der Waals surface area contributed by atoms with E-state index in [9.17, 15) is 26.4 Å². The maximum atomic E-state index is 13.6. The molecule has 2 aromatic heterocycles. The highest BCUT2D eigenvalue weighted by molar-refractivity contribution is 7.92. The average Bonchev–Trinajstić information content (AvgIpc) is 3.46. The number of amides is 1. The number of methoxy groups -OCH3 is 1. The van der Waals surface area contributed by atoms with Crippen molar-refractivity contribution in [2.45, 2.75) is 17.6 Å². The van der Waals surface area contributed by atoms with Crippen LogP contribution in [0.15, 0.2) is 96.0 Å². The number of carbonyl (C=O) groups excluding carboxylic acids is 1. The van der Waals surface area contributed by atoms with Gasteiger partial charge in [-0.3, -0.25) is 14.0 Å². The molecule has 0 N–H and O–H groups in total. The molecule has 3 aromatic carbocycles. The van der Waals surface area contributed by atoms with Gasteiger partial charge in [0.05, 0.1) is 29.4 Å². The standard InChI is InChI=1S/C36H36F3N5O6S.ClH/c1-41-32-21-30(50-34-15-7-27(22-40-34)42(2)51(46,47)31-13-11-28(48-3)12-14-31)10-6-26(32)20-33(41)35(45)44-18-16-43(17-19-44)23-25-4-8-29(9-5-25)49-24-36(37,38)39;/h4-15,20-22H,16-19,23-24H2,1-3H3;1H. The van der Waals surface area contributed by atoms with Gasteiger partial charge in [-0.2, -0.15) is 13.2 Å². The number of nitrogens with zero attached hydrogens (tertiary/aromatic N) is 5. The maximum absolute atomic E-state index is 13.6. The second-order valence-corrected chi connectivity index (χ2v) is 14.0. The van der Waals surface area contributed by atoms with Gasteiger partial charge >= 0.3 is 6.18 Å². The number of pyridine rings is 1. The summed E-state index contributed by atoms with van der Waals surface area (Å²) in [4.78, 5) is 22.0. The monoisotopic (exact) mass is 759 g/mol. The van der Waals surface area contributed by atoms with Gasteiger partial charge in [-0.1, -0.05) is 12.1 Å². The number of fused-ring (bicyclic) bond motifs is 1. The van der Waals surface area contributed by atoms with Crippen LogP contribution in [0.2, 0.25) is 0 Å². The van der Waals surface area contributed by atoms with Crippen molar-refractivity contribution in [3.8, 4) is 23.1 Å². The SMILES string of the molecule is COc1ccc(S(=O)(=O)N(C)c2ccc(Oc3ccc4cc(C(=O)N5CCN(Cc6ccc(OCC(F)(F)F)cc6)CC5)n(C)c4c3)nc2)cc1.Cl. The first kappa shape index (κ1) is 38.2. The largest absolute Gasteiger partial charge is 0.497 e. The fourth-order valence-electron chi connectivity index (χ4n) is 5.75. The van der Waals surface area contributed by atoms with E-state index in [0.717, 1.165) is 20.8 Å². The Labute approximate surface area is 305 Å². The molecule has 1 fully saturated rings. The fourth-order valence-corrected chi connectivity index (χ4v) is 6.93. The molecular weight excluding hydrogens is 723 g/mol. The van der Waals surface area contributed by atoms with Crippen LogP contribution in [0.1, 0.15) is 16.1 Å². The van der Waals surface area contributed by atoms with Crippen molar-refractivity contribution in [2.24, 2.45) is 7.05 Å². The number of piperazine rings is 1. The topological polar surface area (TPSA) is 106 Å². The van der Waals surface area contributed by atoms with Gasteiger partial charge in [0.15, 0.2) is 6.61 Å². The van der Waals surface area contributed by atoms with Crippen LogP contribution in [-0.2, 0) is 23.6 Å². The number of alkyl halides is 3. The third-order valence-corrected chi connectivity index (χ3v) is 10.5. The first-order valence-corrected chi connectivity index (χ1v) is 17.4. The Morgan fingerprint density at radius 2 is 1.54 bits per heavy atom. The van der Waals surface area contributed by atoms with Crippen molar-refractivity contribution in [3.05, 3.63) is 102 Å². The van der Waals surface area contributed by atoms with Gasteiger partial charge in [-0.15, -0.1) is 12.4 Å². The van der Waals surface area contributed by atoms with E-state index in [1.54, 1.807) is 42.5 Å². The number of hydrogen-bond donors (Lipinski definition) is 0. The van der Waals surface area contributed by atoms with E-state index < -0.39 is 22.8 Å². The van der Waals surface area contributed by atoms with Crippen molar-refractivity contribution < 1.29 is 40.6 Å². The van der Waals surface area contributed by atoms with Gasteiger partial charge in [0.2, 0.25) is 5.88 Å². The fraction of sp³-hybridized carbons (Fsp3) is 0.278. The molecule has 11 nitrogen and oxygen atoms in total. The van der Waals surface area contributed by atoms with E-state index in [-0.39, 0.29) is 34.8 Å². The highest BCUT2D eigenvalue weighted by Crippen LogP contribution is 2.30. The molecule has 5 aromatic rings. The lowest BCUT2D eigenvalue weighted by molar-refractivity contribution is -0.153. The number of halogens is 4. The summed E-state index contributed by atoms with van der Waals surface area (Å²) in [6, 6.07) is 23.2. The van der Waals surface area contributed by atoms with Crippen molar-refractivity contribution >= 4 is 44.9 Å². The molecule has 1 aliphatic rings. The summed E-state index contributed by atoms with van der Waals surface area (Å²) in [7, 11) is 0.958. The van der Waals surface area contributed by atoms with Crippen LogP contribution in [-0.4, -0.2) is 86.8 Å². The molecule has 0 unspecified atom stereocenters. The van der Waals surface area contributed by atoms with Crippen LogP contribution < -0.4 is 18.5 Å². The Bertz CT molecular complexity index is 2100. The van der Waals surface area contributed by atoms with Crippen molar-refractivity contribution in [3.63, 3.8) is 0 Å². The van der Waals surface area contributed by atoms with Gasteiger partial charge in [0.1, 0.15) is 22.9 Å². The highest BCUT2D eigenvalue weighted by atomic mass is 35.5. The summed E-state index contributed by atoms with van der Waals surface area (Å²) in [6.45, 7) is 1.63. The number of benzene rings is 3. The molecule has 0 bridgehead atoms. The van der Waals surface area contributed by atoms with E-state index in [0.29, 0.717) is 55.6 Å². The maximum Gasteiger partial charge on any atom is 0.422 e. The number of ether oxygens (including phenoxy) is 3. The highest BCUT2D eigenvalue weighted by Gasteiger charge is 2.29. The molecule has 52 heavy (non-hydrogen) atoms.